The van der Waals surface area contributed by atoms with E-state index >= 15 is 0 Å². The molecule has 3 aromatic rings. The van der Waals surface area contributed by atoms with Gasteiger partial charge in [0.25, 0.3) is 5.91 Å². The predicted octanol–water partition coefficient (Wildman–Crippen LogP) is 4.86. The minimum Gasteiger partial charge on any atom is -0.451 e. The molecule has 1 heterocycles. The number of hydrogen-bond acceptors (Lipinski definition) is 2. The van der Waals surface area contributed by atoms with Gasteiger partial charge in [0.15, 0.2) is 5.76 Å². The first kappa shape index (κ1) is 14.4. The Balaban J connectivity index is 1.93. The second kappa shape index (κ2) is 5.68. The van der Waals surface area contributed by atoms with Gasteiger partial charge in [0.1, 0.15) is 5.58 Å². The maximum absolute atomic E-state index is 12.5. The van der Waals surface area contributed by atoms with Gasteiger partial charge in [-0.2, -0.15) is 0 Å². The van der Waals surface area contributed by atoms with E-state index in [2.05, 4.69) is 12.2 Å². The summed E-state index contributed by atoms with van der Waals surface area (Å²) >= 11 is 0. The quantitative estimate of drug-likeness (QED) is 0.749. The third kappa shape index (κ3) is 2.62. The third-order valence-corrected chi connectivity index (χ3v) is 3.89. The van der Waals surface area contributed by atoms with Gasteiger partial charge in [-0.25, -0.2) is 0 Å². The number of benzene rings is 2. The molecule has 0 aliphatic heterocycles. The monoisotopic (exact) mass is 293 g/mol. The van der Waals surface area contributed by atoms with E-state index in [1.165, 1.54) is 5.56 Å². The molecule has 0 aliphatic rings. The van der Waals surface area contributed by atoms with Gasteiger partial charge < -0.3 is 9.73 Å². The van der Waals surface area contributed by atoms with Gasteiger partial charge in [-0.3, -0.25) is 4.79 Å². The molecule has 0 bridgehead atoms. The number of fused-ring (bicyclic) bond motifs is 1. The van der Waals surface area contributed by atoms with E-state index in [1.54, 1.807) is 0 Å². The van der Waals surface area contributed by atoms with Gasteiger partial charge in [-0.15, -0.1) is 0 Å². The van der Waals surface area contributed by atoms with E-state index in [0.717, 1.165) is 34.2 Å². The molecule has 0 atom stereocenters. The molecule has 0 saturated carbocycles. The maximum atomic E-state index is 12.5. The molecule has 22 heavy (non-hydrogen) atoms. The molecule has 0 spiro atoms. The Morgan fingerprint density at radius 2 is 1.95 bits per heavy atom. The lowest BCUT2D eigenvalue weighted by molar-refractivity contribution is 0.0998. The van der Waals surface area contributed by atoms with Crippen LogP contribution < -0.4 is 5.32 Å². The number of furan rings is 1. The molecule has 2 aromatic carbocycles. The summed E-state index contributed by atoms with van der Waals surface area (Å²) in [6.45, 7) is 6.04. The van der Waals surface area contributed by atoms with E-state index in [9.17, 15) is 4.79 Å². The first-order valence-electron chi connectivity index (χ1n) is 7.48. The second-order valence-corrected chi connectivity index (χ2v) is 5.56. The highest BCUT2D eigenvalue weighted by Crippen LogP contribution is 2.27. The Hall–Kier alpha value is -2.55. The number of aryl methyl sites for hydroxylation is 3. The van der Waals surface area contributed by atoms with Crippen LogP contribution in [0.5, 0.6) is 0 Å². The van der Waals surface area contributed by atoms with Crippen LogP contribution in [0.2, 0.25) is 0 Å². The Morgan fingerprint density at radius 1 is 1.14 bits per heavy atom. The van der Waals surface area contributed by atoms with Crippen LogP contribution in [0.3, 0.4) is 0 Å². The van der Waals surface area contributed by atoms with Crippen LogP contribution in [0.25, 0.3) is 11.0 Å². The summed E-state index contributed by atoms with van der Waals surface area (Å²) in [6, 6.07) is 13.8. The second-order valence-electron chi connectivity index (χ2n) is 5.56. The fraction of sp³-hybridized carbons (Fsp3) is 0.211. The van der Waals surface area contributed by atoms with Crippen LogP contribution >= 0.6 is 0 Å². The van der Waals surface area contributed by atoms with E-state index in [0.29, 0.717) is 5.76 Å². The van der Waals surface area contributed by atoms with Crippen molar-refractivity contribution in [3.05, 3.63) is 64.9 Å². The normalized spacial score (nSPS) is 10.9. The van der Waals surface area contributed by atoms with Crippen molar-refractivity contribution in [3.63, 3.8) is 0 Å². The van der Waals surface area contributed by atoms with E-state index in [4.69, 9.17) is 4.42 Å². The molecule has 3 heteroatoms. The molecular weight excluding hydrogens is 274 g/mol. The van der Waals surface area contributed by atoms with Gasteiger partial charge in [0.05, 0.1) is 0 Å². The van der Waals surface area contributed by atoms with Crippen molar-refractivity contribution >= 4 is 22.6 Å². The van der Waals surface area contributed by atoms with Crippen LogP contribution in [0, 0.1) is 13.8 Å². The number of carbonyl (C=O) groups excluding carboxylic acids is 1. The molecule has 0 saturated heterocycles. The van der Waals surface area contributed by atoms with E-state index in [-0.39, 0.29) is 5.91 Å². The highest BCUT2D eigenvalue weighted by molar-refractivity contribution is 6.06. The lowest BCUT2D eigenvalue weighted by Crippen LogP contribution is -2.12. The van der Waals surface area contributed by atoms with Crippen LogP contribution in [0.15, 0.2) is 46.9 Å². The van der Waals surface area contributed by atoms with E-state index in [1.807, 2.05) is 56.3 Å². The molecule has 0 fully saturated rings. The summed E-state index contributed by atoms with van der Waals surface area (Å²) < 4.78 is 5.73. The number of amides is 1. The standard InChI is InChI=1S/C19H19NO2/c1-4-14-6-5-7-15(11-14)20-19(21)18-13(3)16-10-12(2)8-9-17(16)22-18/h5-11H,4H2,1-3H3,(H,20,21). The van der Waals surface area contributed by atoms with Crippen molar-refractivity contribution < 1.29 is 9.21 Å². The highest BCUT2D eigenvalue weighted by Gasteiger charge is 2.17. The van der Waals surface area contributed by atoms with Gasteiger partial charge in [0, 0.05) is 16.6 Å². The van der Waals surface area contributed by atoms with Gasteiger partial charge in [-0.1, -0.05) is 30.7 Å². The molecule has 1 aromatic heterocycles. The fourth-order valence-electron chi connectivity index (χ4n) is 2.61. The Bertz CT molecular complexity index is 846. The van der Waals surface area contributed by atoms with Crippen LogP contribution in [0.4, 0.5) is 5.69 Å². The minimum absolute atomic E-state index is 0.209. The lowest BCUT2D eigenvalue weighted by Gasteiger charge is -2.05. The molecule has 112 valence electrons. The van der Waals surface area contributed by atoms with Crippen molar-refractivity contribution in [3.8, 4) is 0 Å². The smallest absolute Gasteiger partial charge is 0.291 e. The van der Waals surface area contributed by atoms with Crippen LogP contribution in [0.1, 0.15) is 34.2 Å². The van der Waals surface area contributed by atoms with E-state index < -0.39 is 0 Å². The summed E-state index contributed by atoms with van der Waals surface area (Å²) in [4.78, 5) is 12.5. The summed E-state index contributed by atoms with van der Waals surface area (Å²) in [7, 11) is 0. The van der Waals surface area contributed by atoms with Crippen molar-refractivity contribution in [2.45, 2.75) is 27.2 Å². The largest absolute Gasteiger partial charge is 0.451 e. The van der Waals surface area contributed by atoms with Crippen molar-refractivity contribution in [1.82, 2.24) is 0 Å². The van der Waals surface area contributed by atoms with Crippen LogP contribution in [-0.2, 0) is 6.42 Å². The fourth-order valence-corrected chi connectivity index (χ4v) is 2.61. The average molecular weight is 293 g/mol. The molecule has 0 radical (unpaired) electrons. The zero-order valence-electron chi connectivity index (χ0n) is 13.1. The predicted molar refractivity (Wildman–Crippen MR) is 89.5 cm³/mol. The minimum atomic E-state index is -0.209. The summed E-state index contributed by atoms with van der Waals surface area (Å²) in [5.41, 5.74) is 4.76. The first-order chi connectivity index (χ1) is 10.6. The average Bonchev–Trinajstić information content (AvgIpc) is 2.84. The Kier molecular flexibility index (Phi) is 3.72. The molecule has 1 amide bonds. The molecule has 3 rings (SSSR count). The zero-order chi connectivity index (χ0) is 15.7. The summed E-state index contributed by atoms with van der Waals surface area (Å²) in [5, 5.41) is 3.91. The summed E-state index contributed by atoms with van der Waals surface area (Å²) in [5.74, 6) is 0.169. The van der Waals surface area contributed by atoms with Crippen LogP contribution in [-0.4, -0.2) is 5.91 Å². The van der Waals surface area contributed by atoms with Gasteiger partial charge in [0.2, 0.25) is 0 Å². The zero-order valence-corrected chi connectivity index (χ0v) is 13.1. The molecular formula is C19H19NO2. The molecule has 1 N–H and O–H groups in total. The number of anilines is 1. The molecule has 3 nitrogen and oxygen atoms in total. The molecule has 0 unspecified atom stereocenters. The Labute approximate surface area is 130 Å². The SMILES string of the molecule is CCc1cccc(NC(=O)c2oc3ccc(C)cc3c2C)c1. The number of hydrogen-bond donors (Lipinski definition) is 1. The number of nitrogens with one attached hydrogen (secondary N) is 1. The van der Waals surface area contributed by atoms with Gasteiger partial charge in [-0.05, 0) is 50.1 Å². The van der Waals surface area contributed by atoms with Crippen molar-refractivity contribution in [2.75, 3.05) is 5.32 Å². The van der Waals surface area contributed by atoms with Crippen molar-refractivity contribution in [1.29, 1.82) is 0 Å². The number of carbonyl (C=O) groups is 1. The topological polar surface area (TPSA) is 42.2 Å². The maximum Gasteiger partial charge on any atom is 0.291 e. The molecule has 0 aliphatic carbocycles. The first-order valence-corrected chi connectivity index (χ1v) is 7.48. The van der Waals surface area contributed by atoms with Gasteiger partial charge >= 0.3 is 0 Å². The summed E-state index contributed by atoms with van der Waals surface area (Å²) in [6.07, 6.45) is 0.937. The third-order valence-electron chi connectivity index (χ3n) is 3.89. The Morgan fingerprint density at radius 3 is 2.73 bits per heavy atom. The highest BCUT2D eigenvalue weighted by atomic mass is 16.3. The lowest BCUT2D eigenvalue weighted by atomic mass is 10.1. The van der Waals surface area contributed by atoms with Crippen molar-refractivity contribution in [2.24, 2.45) is 0 Å². The number of rotatable bonds is 3.